The molecule has 0 spiro atoms. The molecule has 54 valence electrons. The maximum atomic E-state index is 5.12. The standard InChI is InChI=1S/C8H11NO/c1-6-3-7(9-6)8(2)4-10-5-8/h3H,4-5H2,1-2H3. The Morgan fingerprint density at radius 2 is 2.20 bits per heavy atom. The first-order valence-electron chi connectivity index (χ1n) is 3.56. The van der Waals surface area contributed by atoms with Crippen LogP contribution in [0.1, 0.15) is 13.8 Å². The Morgan fingerprint density at radius 3 is 2.50 bits per heavy atom. The van der Waals surface area contributed by atoms with E-state index in [0.29, 0.717) is 0 Å². The molecule has 2 rings (SSSR count). The van der Waals surface area contributed by atoms with Crippen molar-refractivity contribution in [2.24, 2.45) is 10.4 Å². The lowest BCUT2D eigenvalue weighted by Gasteiger charge is -2.40. The Bertz CT molecular complexity index is 223. The first-order chi connectivity index (χ1) is 4.71. The predicted octanol–water partition coefficient (Wildman–Crippen LogP) is 1.38. The summed E-state index contributed by atoms with van der Waals surface area (Å²) in [5.74, 6) is 0. The van der Waals surface area contributed by atoms with E-state index in [4.69, 9.17) is 4.74 Å². The van der Waals surface area contributed by atoms with Crippen LogP contribution in [0, 0.1) is 5.41 Å². The summed E-state index contributed by atoms with van der Waals surface area (Å²) in [5, 5.41) is 0. The van der Waals surface area contributed by atoms with Crippen LogP contribution in [0.25, 0.3) is 0 Å². The van der Waals surface area contributed by atoms with Gasteiger partial charge in [0.1, 0.15) is 0 Å². The zero-order valence-corrected chi connectivity index (χ0v) is 6.35. The van der Waals surface area contributed by atoms with E-state index in [-0.39, 0.29) is 5.41 Å². The molecule has 0 saturated carbocycles. The summed E-state index contributed by atoms with van der Waals surface area (Å²) in [6.45, 7) is 5.90. The Balaban J connectivity index is 2.08. The average molecular weight is 137 g/mol. The molecule has 2 heteroatoms. The molecule has 0 bridgehead atoms. The predicted molar refractivity (Wildman–Crippen MR) is 40.1 cm³/mol. The molecule has 0 N–H and O–H groups in total. The van der Waals surface area contributed by atoms with Crippen LogP contribution in [0.4, 0.5) is 0 Å². The van der Waals surface area contributed by atoms with Crippen LogP contribution in [0.3, 0.4) is 0 Å². The van der Waals surface area contributed by atoms with Crippen LogP contribution in [0.2, 0.25) is 0 Å². The molecular weight excluding hydrogens is 126 g/mol. The lowest BCUT2D eigenvalue weighted by Crippen LogP contribution is -2.47. The van der Waals surface area contributed by atoms with Crippen molar-refractivity contribution in [2.75, 3.05) is 13.2 Å². The number of hydrogen-bond acceptors (Lipinski definition) is 2. The fourth-order valence-corrected chi connectivity index (χ4v) is 1.25. The minimum atomic E-state index is 0.250. The highest BCUT2D eigenvalue weighted by Crippen LogP contribution is 2.33. The molecule has 2 nitrogen and oxygen atoms in total. The van der Waals surface area contributed by atoms with E-state index in [9.17, 15) is 0 Å². The fourth-order valence-electron chi connectivity index (χ4n) is 1.25. The van der Waals surface area contributed by atoms with E-state index in [0.717, 1.165) is 18.9 Å². The second-order valence-electron chi connectivity index (χ2n) is 3.34. The first kappa shape index (κ1) is 6.10. The van der Waals surface area contributed by atoms with Gasteiger partial charge in [-0.2, -0.15) is 0 Å². The van der Waals surface area contributed by atoms with Gasteiger partial charge in [0.05, 0.1) is 24.3 Å². The molecule has 2 heterocycles. The second kappa shape index (κ2) is 1.70. The molecule has 1 saturated heterocycles. The Morgan fingerprint density at radius 1 is 1.60 bits per heavy atom. The van der Waals surface area contributed by atoms with Crippen molar-refractivity contribution in [3.63, 3.8) is 0 Å². The highest BCUT2D eigenvalue weighted by Gasteiger charge is 2.39. The van der Waals surface area contributed by atoms with E-state index in [1.54, 1.807) is 0 Å². The molecule has 10 heavy (non-hydrogen) atoms. The van der Waals surface area contributed by atoms with E-state index >= 15 is 0 Å². The van der Waals surface area contributed by atoms with Crippen molar-refractivity contribution in [1.29, 1.82) is 0 Å². The molecule has 2 aliphatic heterocycles. The normalized spacial score (nSPS) is 27.8. The zero-order valence-electron chi connectivity index (χ0n) is 6.35. The fraction of sp³-hybridized carbons (Fsp3) is 0.625. The lowest BCUT2D eigenvalue weighted by molar-refractivity contribution is -0.0582. The first-order valence-corrected chi connectivity index (χ1v) is 3.56. The van der Waals surface area contributed by atoms with E-state index < -0.39 is 0 Å². The number of rotatable bonds is 1. The third-order valence-corrected chi connectivity index (χ3v) is 2.10. The van der Waals surface area contributed by atoms with Gasteiger partial charge in [-0.05, 0) is 19.9 Å². The van der Waals surface area contributed by atoms with Crippen LogP contribution < -0.4 is 0 Å². The minimum absolute atomic E-state index is 0.250. The molecule has 0 aromatic heterocycles. The molecule has 0 aromatic carbocycles. The number of ether oxygens (including phenoxy) is 1. The monoisotopic (exact) mass is 137 g/mol. The Hall–Kier alpha value is -0.630. The highest BCUT2D eigenvalue weighted by atomic mass is 16.5. The summed E-state index contributed by atoms with van der Waals surface area (Å²) in [4.78, 5) is 4.31. The van der Waals surface area contributed by atoms with Crippen molar-refractivity contribution in [2.45, 2.75) is 13.8 Å². The minimum Gasteiger partial charge on any atom is -0.379 e. The van der Waals surface area contributed by atoms with Gasteiger partial charge in [-0.15, -0.1) is 0 Å². The van der Waals surface area contributed by atoms with Gasteiger partial charge in [0.25, 0.3) is 0 Å². The third kappa shape index (κ3) is 0.655. The van der Waals surface area contributed by atoms with Gasteiger partial charge in [-0.1, -0.05) is 0 Å². The van der Waals surface area contributed by atoms with Crippen LogP contribution in [-0.2, 0) is 4.74 Å². The maximum Gasteiger partial charge on any atom is 0.0598 e. The zero-order chi connectivity index (χ0) is 7.19. The molecular formula is C8H11NO. The van der Waals surface area contributed by atoms with Crippen molar-refractivity contribution >= 4 is 5.71 Å². The molecule has 0 amide bonds. The number of hydrogen-bond donors (Lipinski definition) is 0. The summed E-state index contributed by atoms with van der Waals surface area (Å²) in [6.07, 6.45) is 2.14. The molecule has 0 aromatic rings. The largest absolute Gasteiger partial charge is 0.379 e. The molecule has 0 radical (unpaired) electrons. The Kier molecular flexibility index (Phi) is 1.04. The molecule has 2 aliphatic rings. The summed E-state index contributed by atoms with van der Waals surface area (Å²) < 4.78 is 5.12. The summed E-state index contributed by atoms with van der Waals surface area (Å²) in [6, 6.07) is 0. The molecule has 0 atom stereocenters. The highest BCUT2D eigenvalue weighted by molar-refractivity contribution is 6.05. The van der Waals surface area contributed by atoms with Crippen LogP contribution in [-0.4, -0.2) is 18.9 Å². The van der Waals surface area contributed by atoms with Gasteiger partial charge >= 0.3 is 0 Å². The smallest absolute Gasteiger partial charge is 0.0598 e. The van der Waals surface area contributed by atoms with Crippen molar-refractivity contribution < 1.29 is 4.74 Å². The average Bonchev–Trinajstić information content (AvgIpc) is 1.76. The molecule has 0 unspecified atom stereocenters. The lowest BCUT2D eigenvalue weighted by atomic mass is 9.81. The van der Waals surface area contributed by atoms with Crippen molar-refractivity contribution in [3.8, 4) is 0 Å². The molecule has 1 fully saturated rings. The Labute approximate surface area is 60.6 Å². The topological polar surface area (TPSA) is 21.6 Å². The number of allylic oxidation sites excluding steroid dienone is 2. The van der Waals surface area contributed by atoms with Gasteiger partial charge < -0.3 is 4.74 Å². The van der Waals surface area contributed by atoms with Gasteiger partial charge in [-0.25, -0.2) is 0 Å². The quantitative estimate of drug-likeness (QED) is 0.535. The van der Waals surface area contributed by atoms with Gasteiger partial charge in [0.2, 0.25) is 0 Å². The van der Waals surface area contributed by atoms with Gasteiger partial charge in [-0.3, -0.25) is 4.99 Å². The van der Waals surface area contributed by atoms with Crippen molar-refractivity contribution in [3.05, 3.63) is 11.8 Å². The SMILES string of the molecule is CC1=CC(C2(C)COC2)=N1. The molecule has 0 aliphatic carbocycles. The number of aliphatic imine (C=N–C) groups is 1. The van der Waals surface area contributed by atoms with E-state index in [1.807, 2.05) is 6.92 Å². The second-order valence-corrected chi connectivity index (χ2v) is 3.34. The van der Waals surface area contributed by atoms with Crippen LogP contribution >= 0.6 is 0 Å². The summed E-state index contributed by atoms with van der Waals surface area (Å²) in [5.41, 5.74) is 2.61. The maximum absolute atomic E-state index is 5.12. The summed E-state index contributed by atoms with van der Waals surface area (Å²) >= 11 is 0. The van der Waals surface area contributed by atoms with E-state index in [2.05, 4.69) is 18.0 Å². The van der Waals surface area contributed by atoms with Gasteiger partial charge in [0.15, 0.2) is 0 Å². The van der Waals surface area contributed by atoms with Crippen molar-refractivity contribution in [1.82, 2.24) is 0 Å². The van der Waals surface area contributed by atoms with Crippen LogP contribution in [0.5, 0.6) is 0 Å². The third-order valence-electron chi connectivity index (χ3n) is 2.10. The van der Waals surface area contributed by atoms with Crippen LogP contribution in [0.15, 0.2) is 16.8 Å². The summed E-state index contributed by atoms with van der Waals surface area (Å²) in [7, 11) is 0. The van der Waals surface area contributed by atoms with Gasteiger partial charge in [0, 0.05) is 5.70 Å². The van der Waals surface area contributed by atoms with E-state index in [1.165, 1.54) is 5.71 Å². The number of nitrogens with zero attached hydrogens (tertiary/aromatic N) is 1.